The average Bonchev–Trinajstić information content (AvgIpc) is 3.27. The Balaban J connectivity index is 1.40. The first-order chi connectivity index (χ1) is 12.1. The van der Waals surface area contributed by atoms with E-state index in [2.05, 4.69) is 15.4 Å². The van der Waals surface area contributed by atoms with Crippen molar-refractivity contribution < 1.29 is 14.4 Å². The lowest BCUT2D eigenvalue weighted by Crippen LogP contribution is -2.33. The summed E-state index contributed by atoms with van der Waals surface area (Å²) in [4.78, 5) is 15.6. The first kappa shape index (κ1) is 15.8. The van der Waals surface area contributed by atoms with E-state index in [0.717, 1.165) is 22.5 Å². The molecule has 1 aliphatic heterocycles. The maximum absolute atomic E-state index is 12.5. The monoisotopic (exact) mass is 341 g/mol. The number of benzene rings is 1. The molecule has 1 aliphatic rings. The highest BCUT2D eigenvalue weighted by Gasteiger charge is 2.34. The lowest BCUT2D eigenvalue weighted by molar-refractivity contribution is -0.131. The summed E-state index contributed by atoms with van der Waals surface area (Å²) in [5, 5.41) is 22.7. The van der Waals surface area contributed by atoms with Crippen LogP contribution in [0.25, 0.3) is 11.0 Å². The molecular formula is C17H19N5O3. The molecule has 8 heteroatoms. The molecule has 130 valence electrons. The van der Waals surface area contributed by atoms with Crippen molar-refractivity contribution in [3.8, 4) is 0 Å². The van der Waals surface area contributed by atoms with Gasteiger partial charge in [-0.1, -0.05) is 17.3 Å². The third kappa shape index (κ3) is 3.25. The number of rotatable bonds is 4. The van der Waals surface area contributed by atoms with Crippen molar-refractivity contribution in [2.75, 3.05) is 13.1 Å². The quantitative estimate of drug-likeness (QED) is 0.753. The molecule has 0 spiro atoms. The summed E-state index contributed by atoms with van der Waals surface area (Å²) in [5.41, 5.74) is 2.33. The lowest BCUT2D eigenvalue weighted by Gasteiger charge is -2.15. The second kappa shape index (κ2) is 6.29. The van der Waals surface area contributed by atoms with E-state index in [9.17, 15) is 9.90 Å². The van der Waals surface area contributed by atoms with Crippen LogP contribution in [0.3, 0.4) is 0 Å². The zero-order valence-electron chi connectivity index (χ0n) is 13.9. The second-order valence-electron chi connectivity index (χ2n) is 6.48. The van der Waals surface area contributed by atoms with E-state index >= 15 is 0 Å². The zero-order valence-corrected chi connectivity index (χ0v) is 13.9. The van der Waals surface area contributed by atoms with E-state index in [1.54, 1.807) is 4.90 Å². The molecule has 1 saturated heterocycles. The van der Waals surface area contributed by atoms with E-state index in [4.69, 9.17) is 4.52 Å². The minimum absolute atomic E-state index is 0.0547. The molecule has 25 heavy (non-hydrogen) atoms. The zero-order chi connectivity index (χ0) is 17.4. The summed E-state index contributed by atoms with van der Waals surface area (Å²) >= 11 is 0. The number of amides is 1. The number of nitrogens with zero attached hydrogens (tertiary/aromatic N) is 5. The van der Waals surface area contributed by atoms with Gasteiger partial charge >= 0.3 is 0 Å². The molecule has 0 saturated carbocycles. The molecule has 3 aromatic rings. The molecule has 8 nitrogen and oxygen atoms in total. The summed E-state index contributed by atoms with van der Waals surface area (Å²) in [6, 6.07) is 9.35. The van der Waals surface area contributed by atoms with Gasteiger partial charge in [-0.15, -0.1) is 0 Å². The molecule has 0 aliphatic carbocycles. The minimum Gasteiger partial charge on any atom is -0.391 e. The Bertz CT molecular complexity index is 869. The van der Waals surface area contributed by atoms with Gasteiger partial charge < -0.3 is 14.5 Å². The number of likely N-dealkylation sites (tertiary alicyclic amines) is 1. The topological polar surface area (TPSA) is 97.3 Å². The first-order valence-corrected chi connectivity index (χ1v) is 8.26. The van der Waals surface area contributed by atoms with Crippen molar-refractivity contribution >= 4 is 16.9 Å². The highest BCUT2D eigenvalue weighted by Crippen LogP contribution is 2.22. The van der Waals surface area contributed by atoms with Gasteiger partial charge in [0.05, 0.1) is 11.8 Å². The summed E-state index contributed by atoms with van der Waals surface area (Å²) in [7, 11) is 0. The van der Waals surface area contributed by atoms with Crippen LogP contribution in [-0.4, -0.2) is 55.3 Å². The second-order valence-corrected chi connectivity index (χ2v) is 6.48. The molecular weight excluding hydrogens is 322 g/mol. The van der Waals surface area contributed by atoms with Gasteiger partial charge in [-0.25, -0.2) is 0 Å². The lowest BCUT2D eigenvalue weighted by atomic mass is 10.0. The molecule has 0 bridgehead atoms. The third-order valence-corrected chi connectivity index (χ3v) is 4.50. The van der Waals surface area contributed by atoms with Crippen LogP contribution in [0.1, 0.15) is 11.5 Å². The number of carbonyl (C=O) groups excluding carboxylic acids is 1. The van der Waals surface area contributed by atoms with Crippen LogP contribution in [0.2, 0.25) is 0 Å². The number of aliphatic hydroxyl groups excluding tert-OH is 1. The van der Waals surface area contributed by atoms with Gasteiger partial charge in [0, 0.05) is 31.5 Å². The number of aliphatic hydroxyl groups is 1. The van der Waals surface area contributed by atoms with Gasteiger partial charge in [0.25, 0.3) is 0 Å². The van der Waals surface area contributed by atoms with Crippen molar-refractivity contribution in [2.24, 2.45) is 5.92 Å². The van der Waals surface area contributed by atoms with Crippen LogP contribution in [0.4, 0.5) is 0 Å². The van der Waals surface area contributed by atoms with Crippen LogP contribution in [0.5, 0.6) is 0 Å². The maximum Gasteiger partial charge on any atom is 0.246 e. The summed E-state index contributed by atoms with van der Waals surface area (Å²) < 4.78 is 5.21. The number of hydrogen-bond donors (Lipinski definition) is 1. The van der Waals surface area contributed by atoms with Gasteiger partial charge in [0.2, 0.25) is 5.91 Å². The molecule has 4 rings (SSSR count). The number of hydrogen-bond acceptors (Lipinski definition) is 6. The Morgan fingerprint density at radius 2 is 2.00 bits per heavy atom. The number of carbonyl (C=O) groups is 1. The molecule has 1 N–H and O–H groups in total. The van der Waals surface area contributed by atoms with Crippen LogP contribution in [0.15, 0.2) is 34.9 Å². The SMILES string of the molecule is Cc1cc(C[C@@H]2CN(C(=O)Cn3nc4ccccc4n3)C[C@@H]2O)on1. The van der Waals surface area contributed by atoms with E-state index in [0.29, 0.717) is 19.5 Å². The van der Waals surface area contributed by atoms with Crippen LogP contribution in [0, 0.1) is 12.8 Å². The van der Waals surface area contributed by atoms with Crippen molar-refractivity contribution in [1.82, 2.24) is 25.1 Å². The first-order valence-electron chi connectivity index (χ1n) is 8.26. The van der Waals surface area contributed by atoms with Crippen LogP contribution >= 0.6 is 0 Å². The fourth-order valence-electron chi connectivity index (χ4n) is 3.23. The normalized spacial score (nSPS) is 20.5. The molecule has 2 aromatic heterocycles. The predicted molar refractivity (Wildman–Crippen MR) is 88.5 cm³/mol. The van der Waals surface area contributed by atoms with E-state index in [1.165, 1.54) is 4.80 Å². The van der Waals surface area contributed by atoms with Crippen molar-refractivity contribution in [3.05, 3.63) is 41.8 Å². The number of fused-ring (bicyclic) bond motifs is 1. The smallest absolute Gasteiger partial charge is 0.246 e. The van der Waals surface area contributed by atoms with Gasteiger partial charge in [-0.2, -0.15) is 15.0 Å². The Morgan fingerprint density at radius 3 is 2.64 bits per heavy atom. The van der Waals surface area contributed by atoms with Crippen molar-refractivity contribution in [3.63, 3.8) is 0 Å². The number of aromatic nitrogens is 4. The predicted octanol–water partition coefficient (Wildman–Crippen LogP) is 0.790. The fourth-order valence-corrected chi connectivity index (χ4v) is 3.23. The molecule has 1 fully saturated rings. The van der Waals surface area contributed by atoms with E-state index < -0.39 is 6.10 Å². The summed E-state index contributed by atoms with van der Waals surface area (Å²) in [6.45, 7) is 2.72. The van der Waals surface area contributed by atoms with Gasteiger partial charge in [0.1, 0.15) is 23.3 Å². The largest absolute Gasteiger partial charge is 0.391 e. The van der Waals surface area contributed by atoms with Crippen molar-refractivity contribution in [2.45, 2.75) is 26.0 Å². The van der Waals surface area contributed by atoms with E-state index in [-0.39, 0.29) is 18.4 Å². The Morgan fingerprint density at radius 1 is 1.28 bits per heavy atom. The fraction of sp³-hybridized carbons (Fsp3) is 0.412. The maximum atomic E-state index is 12.5. The molecule has 3 heterocycles. The average molecular weight is 341 g/mol. The molecule has 1 amide bonds. The van der Waals surface area contributed by atoms with Gasteiger partial charge in [-0.05, 0) is 19.1 Å². The molecule has 1 aromatic carbocycles. The molecule has 2 atom stereocenters. The highest BCUT2D eigenvalue weighted by atomic mass is 16.5. The standard InChI is InChI=1S/C17H19N5O3/c1-11-6-13(25-20-11)7-12-8-21(9-16(12)23)17(24)10-22-18-14-4-2-3-5-15(14)19-22/h2-6,12,16,23H,7-10H2,1H3/t12-,16+/m1/s1. The highest BCUT2D eigenvalue weighted by molar-refractivity contribution is 5.77. The van der Waals surface area contributed by atoms with Crippen molar-refractivity contribution in [1.29, 1.82) is 0 Å². The van der Waals surface area contributed by atoms with Gasteiger partial charge in [-0.3, -0.25) is 4.79 Å². The van der Waals surface area contributed by atoms with Gasteiger partial charge in [0.15, 0.2) is 0 Å². The summed E-state index contributed by atoms with van der Waals surface area (Å²) in [5.74, 6) is 0.576. The third-order valence-electron chi connectivity index (χ3n) is 4.50. The number of aryl methyl sites for hydroxylation is 1. The Hall–Kier alpha value is -2.74. The van der Waals surface area contributed by atoms with Crippen LogP contribution < -0.4 is 0 Å². The Kier molecular flexibility index (Phi) is 3.96. The summed E-state index contributed by atoms with van der Waals surface area (Å²) in [6.07, 6.45) is -0.00519. The van der Waals surface area contributed by atoms with Crippen LogP contribution in [-0.2, 0) is 17.8 Å². The molecule has 0 unspecified atom stereocenters. The minimum atomic E-state index is -0.570. The van der Waals surface area contributed by atoms with E-state index in [1.807, 2.05) is 37.3 Å². The molecule has 0 radical (unpaired) electrons. The number of β-amino-alcohol motifs (C(OH)–C–C–N with tert-alkyl or cyclic N) is 1. The Labute approximate surface area is 144 Å².